The standard InChI is InChI=1S/C13H7F17O4.C6H14N2O2/c14-6(15,2-1-3(4(31)32)5(33)34)7(16,17)8(18,19)9(20,21)10(22,23)11(24,25)12(26,27)13(28,29)30;7-4-2-1-3-5(8)6(9)10/h3H,1-2H2,(H,31,32)(H,33,34);5H,1-4,7-8H2,(H,9,10)/t;5-/m.0/s1. The van der Waals surface area contributed by atoms with Crippen molar-refractivity contribution >= 4 is 17.9 Å². The highest BCUT2D eigenvalue weighted by Crippen LogP contribution is 2.64. The third-order valence-corrected chi connectivity index (χ3v) is 5.45. The summed E-state index contributed by atoms with van der Waals surface area (Å²) >= 11 is 0. The van der Waals surface area contributed by atoms with E-state index >= 15 is 0 Å². The molecule has 0 radical (unpaired) electrons. The maximum atomic E-state index is 13.5. The van der Waals surface area contributed by atoms with Crippen molar-refractivity contribution in [1.82, 2.24) is 0 Å². The molecular formula is C19H21F17N2O6. The molecular weight excluding hydrogens is 675 g/mol. The van der Waals surface area contributed by atoms with Gasteiger partial charge >= 0.3 is 59.6 Å². The maximum absolute atomic E-state index is 13.5. The molecule has 0 aromatic rings. The van der Waals surface area contributed by atoms with E-state index in [1.54, 1.807) is 0 Å². The second-order valence-electron chi connectivity index (χ2n) is 8.69. The SMILES string of the molecule is N[C@@H](CCCC[NH3+])C(=O)O.O=C([O-])C(CCC(F)(F)C(F)(F)C(F)(F)C(F)(F)C(F)(F)C(F)(F)C(F)(F)C(F)(F)F)C(=O)O. The van der Waals surface area contributed by atoms with Gasteiger partial charge in [0, 0.05) is 6.42 Å². The fraction of sp³-hybridized carbons (Fsp3) is 0.842. The van der Waals surface area contributed by atoms with E-state index in [4.69, 9.17) is 15.9 Å². The lowest BCUT2D eigenvalue weighted by molar-refractivity contribution is -0.461. The van der Waals surface area contributed by atoms with Crippen molar-refractivity contribution in [3.63, 3.8) is 0 Å². The van der Waals surface area contributed by atoms with Crippen molar-refractivity contribution in [1.29, 1.82) is 0 Å². The Morgan fingerprint density at radius 3 is 1.27 bits per heavy atom. The quantitative estimate of drug-likeness (QED) is 0.109. The predicted octanol–water partition coefficient (Wildman–Crippen LogP) is 3.04. The Kier molecular flexibility index (Phi) is 13.8. The van der Waals surface area contributed by atoms with Crippen LogP contribution >= 0.6 is 0 Å². The molecule has 0 fully saturated rings. The highest BCUT2D eigenvalue weighted by Gasteiger charge is 2.95. The van der Waals surface area contributed by atoms with Crippen molar-refractivity contribution in [3.05, 3.63) is 0 Å². The number of nitrogens with two attached hydrogens (primary N) is 1. The van der Waals surface area contributed by atoms with Crippen molar-refractivity contribution in [2.75, 3.05) is 6.54 Å². The summed E-state index contributed by atoms with van der Waals surface area (Å²) in [5.41, 5.74) is 8.88. The van der Waals surface area contributed by atoms with Crippen LogP contribution in [0.1, 0.15) is 32.1 Å². The first-order chi connectivity index (χ1) is 19.2. The Morgan fingerprint density at radius 1 is 0.614 bits per heavy atom. The molecule has 25 heteroatoms. The average Bonchev–Trinajstić information content (AvgIpc) is 2.82. The lowest BCUT2D eigenvalue weighted by atomic mass is 9.87. The first-order valence-electron chi connectivity index (χ1n) is 11.1. The number of carboxylic acid groups (broad SMARTS) is 3. The lowest BCUT2D eigenvalue weighted by Crippen LogP contribution is -2.74. The Labute approximate surface area is 233 Å². The molecule has 2 atom stereocenters. The molecule has 0 heterocycles. The zero-order valence-electron chi connectivity index (χ0n) is 21.1. The van der Waals surface area contributed by atoms with Crippen LogP contribution in [0.2, 0.25) is 0 Å². The summed E-state index contributed by atoms with van der Waals surface area (Å²) in [7, 11) is 0. The first-order valence-corrected chi connectivity index (χ1v) is 11.1. The molecule has 0 aromatic heterocycles. The summed E-state index contributed by atoms with van der Waals surface area (Å²) in [5, 5.41) is 27.0. The van der Waals surface area contributed by atoms with Crippen molar-refractivity contribution < 1.29 is 110 Å². The third kappa shape index (κ3) is 8.24. The van der Waals surface area contributed by atoms with Crippen LogP contribution in [-0.2, 0) is 14.4 Å². The van der Waals surface area contributed by atoms with Crippen molar-refractivity contribution in [2.24, 2.45) is 11.7 Å². The largest absolute Gasteiger partial charge is 0.549 e. The lowest BCUT2D eigenvalue weighted by Gasteiger charge is -2.42. The molecule has 0 spiro atoms. The number of carboxylic acids is 3. The number of halogens is 17. The van der Waals surface area contributed by atoms with E-state index in [0.717, 1.165) is 19.4 Å². The second-order valence-corrected chi connectivity index (χ2v) is 8.69. The average molecular weight is 696 g/mol. The zero-order valence-corrected chi connectivity index (χ0v) is 21.1. The summed E-state index contributed by atoms with van der Waals surface area (Å²) in [6.45, 7) is 0.854. The van der Waals surface area contributed by atoms with Crippen LogP contribution < -0.4 is 16.6 Å². The monoisotopic (exact) mass is 696 g/mol. The van der Waals surface area contributed by atoms with Gasteiger partial charge in [0.15, 0.2) is 0 Å². The van der Waals surface area contributed by atoms with E-state index in [-0.39, 0.29) is 0 Å². The minimum absolute atomic E-state index is 0.560. The van der Waals surface area contributed by atoms with E-state index in [0.29, 0.717) is 6.42 Å². The minimum Gasteiger partial charge on any atom is -0.549 e. The van der Waals surface area contributed by atoms with Gasteiger partial charge in [-0.15, -0.1) is 0 Å². The van der Waals surface area contributed by atoms with Gasteiger partial charge in [0.05, 0.1) is 18.4 Å². The molecule has 0 rings (SSSR count). The molecule has 0 saturated heterocycles. The molecule has 0 bridgehead atoms. The maximum Gasteiger partial charge on any atom is 0.460 e. The molecule has 0 saturated carbocycles. The van der Waals surface area contributed by atoms with Gasteiger partial charge in [0.25, 0.3) is 0 Å². The van der Waals surface area contributed by atoms with Crippen molar-refractivity contribution in [3.8, 4) is 0 Å². The fourth-order valence-corrected chi connectivity index (χ4v) is 2.69. The van der Waals surface area contributed by atoms with Gasteiger partial charge < -0.3 is 31.6 Å². The Morgan fingerprint density at radius 2 is 0.977 bits per heavy atom. The molecule has 262 valence electrons. The van der Waals surface area contributed by atoms with Crippen LogP contribution in [0.5, 0.6) is 0 Å². The number of alkyl halides is 17. The molecule has 0 aliphatic carbocycles. The molecule has 0 aromatic carbocycles. The van der Waals surface area contributed by atoms with Gasteiger partial charge in [-0.1, -0.05) is 0 Å². The summed E-state index contributed by atoms with van der Waals surface area (Å²) < 4.78 is 221. The van der Waals surface area contributed by atoms with Gasteiger partial charge in [-0.05, 0) is 25.7 Å². The Bertz CT molecular complexity index is 990. The Balaban J connectivity index is 0. The molecule has 0 aliphatic rings. The summed E-state index contributed by atoms with van der Waals surface area (Å²) in [5.74, 6) is -67.4. The van der Waals surface area contributed by atoms with Crippen LogP contribution in [0.25, 0.3) is 0 Å². The molecule has 44 heavy (non-hydrogen) atoms. The highest BCUT2D eigenvalue weighted by molar-refractivity contribution is 5.91. The minimum atomic E-state index is -8.78. The smallest absolute Gasteiger partial charge is 0.460 e. The van der Waals surface area contributed by atoms with E-state index in [9.17, 15) is 94.1 Å². The molecule has 7 N–H and O–H groups in total. The molecule has 0 amide bonds. The van der Waals surface area contributed by atoms with Gasteiger partial charge in [-0.3, -0.25) is 9.59 Å². The number of quaternary nitrogens is 1. The van der Waals surface area contributed by atoms with Gasteiger partial charge in [0.1, 0.15) is 6.04 Å². The third-order valence-electron chi connectivity index (χ3n) is 5.45. The number of carbonyl (C=O) groups is 3. The van der Waals surface area contributed by atoms with Crippen LogP contribution in [0.3, 0.4) is 0 Å². The number of aliphatic carboxylic acids is 3. The van der Waals surface area contributed by atoms with E-state index in [1.165, 1.54) is 0 Å². The van der Waals surface area contributed by atoms with Crippen LogP contribution in [0.15, 0.2) is 0 Å². The number of rotatable bonds is 16. The van der Waals surface area contributed by atoms with Gasteiger partial charge in [-0.2, -0.15) is 74.6 Å². The van der Waals surface area contributed by atoms with Gasteiger partial charge in [-0.25, -0.2) is 0 Å². The summed E-state index contributed by atoms with van der Waals surface area (Å²) in [4.78, 5) is 30.9. The number of carbonyl (C=O) groups excluding carboxylic acids is 1. The number of unbranched alkanes of at least 4 members (excludes halogenated alkanes) is 1. The van der Waals surface area contributed by atoms with Crippen LogP contribution in [0.4, 0.5) is 74.6 Å². The zero-order chi connectivity index (χ0) is 36.1. The first kappa shape index (κ1) is 43.3. The van der Waals surface area contributed by atoms with Crippen LogP contribution in [0, 0.1) is 5.92 Å². The summed E-state index contributed by atoms with van der Waals surface area (Å²) in [6.07, 6.45) is -11.0. The molecule has 1 unspecified atom stereocenters. The topological polar surface area (TPSA) is 168 Å². The normalized spacial score (nSPS) is 15.6. The fourth-order valence-electron chi connectivity index (χ4n) is 2.69. The van der Waals surface area contributed by atoms with E-state index < -0.39 is 90.3 Å². The molecule has 0 aliphatic heterocycles. The number of hydrogen-bond acceptors (Lipinski definition) is 5. The summed E-state index contributed by atoms with van der Waals surface area (Å²) in [6, 6.07) is -0.688. The second kappa shape index (κ2) is 14.1. The predicted molar refractivity (Wildman–Crippen MR) is 103 cm³/mol. The van der Waals surface area contributed by atoms with Crippen LogP contribution in [-0.4, -0.2) is 88.3 Å². The Hall–Kier alpha value is -2.86. The molecule has 8 nitrogen and oxygen atoms in total. The highest BCUT2D eigenvalue weighted by atomic mass is 19.4. The van der Waals surface area contributed by atoms with Crippen molar-refractivity contribution in [2.45, 2.75) is 85.8 Å². The van der Waals surface area contributed by atoms with E-state index in [1.807, 2.05) is 0 Å². The van der Waals surface area contributed by atoms with Gasteiger partial charge in [0.2, 0.25) is 0 Å². The number of hydrogen-bond donors (Lipinski definition) is 4. The van der Waals surface area contributed by atoms with E-state index in [2.05, 4.69) is 5.73 Å².